The standard InChI is InChI=1S/C9H21N/c1-5-7-9(3,6-2)8-10-4/h10H,5-8H2,1-4H3. The van der Waals surface area contributed by atoms with E-state index in [9.17, 15) is 0 Å². The van der Waals surface area contributed by atoms with Gasteiger partial charge in [-0.05, 0) is 25.3 Å². The monoisotopic (exact) mass is 143 g/mol. The van der Waals surface area contributed by atoms with Crippen molar-refractivity contribution < 1.29 is 0 Å². The molecule has 0 aromatic rings. The molecule has 1 heteroatoms. The Morgan fingerprint density at radius 1 is 1.30 bits per heavy atom. The Hall–Kier alpha value is -0.0400. The molecule has 0 aromatic carbocycles. The van der Waals surface area contributed by atoms with E-state index >= 15 is 0 Å². The van der Waals surface area contributed by atoms with E-state index in [-0.39, 0.29) is 0 Å². The second kappa shape index (κ2) is 4.73. The molecule has 1 nitrogen and oxygen atoms in total. The molecule has 10 heavy (non-hydrogen) atoms. The van der Waals surface area contributed by atoms with Crippen LogP contribution in [0.3, 0.4) is 0 Å². The van der Waals surface area contributed by atoms with E-state index in [0.29, 0.717) is 5.41 Å². The van der Waals surface area contributed by atoms with Gasteiger partial charge in [-0.1, -0.05) is 27.2 Å². The van der Waals surface area contributed by atoms with Crippen molar-refractivity contribution in [1.29, 1.82) is 0 Å². The molecule has 0 aliphatic carbocycles. The van der Waals surface area contributed by atoms with Crippen LogP contribution in [0.2, 0.25) is 0 Å². The normalized spacial score (nSPS) is 16.8. The van der Waals surface area contributed by atoms with Gasteiger partial charge in [-0.25, -0.2) is 0 Å². The molecule has 0 saturated carbocycles. The maximum atomic E-state index is 3.24. The Balaban J connectivity index is 3.69. The van der Waals surface area contributed by atoms with Crippen molar-refractivity contribution in [2.24, 2.45) is 5.41 Å². The van der Waals surface area contributed by atoms with Gasteiger partial charge in [0, 0.05) is 6.54 Å². The third kappa shape index (κ3) is 3.21. The van der Waals surface area contributed by atoms with Gasteiger partial charge in [0.1, 0.15) is 0 Å². The molecule has 0 radical (unpaired) electrons. The van der Waals surface area contributed by atoms with Crippen LogP contribution in [0.5, 0.6) is 0 Å². The van der Waals surface area contributed by atoms with Gasteiger partial charge >= 0.3 is 0 Å². The molecule has 0 aliphatic rings. The van der Waals surface area contributed by atoms with Gasteiger partial charge in [0.25, 0.3) is 0 Å². The van der Waals surface area contributed by atoms with E-state index in [0.717, 1.165) is 6.54 Å². The first-order valence-electron chi connectivity index (χ1n) is 4.33. The molecule has 1 N–H and O–H groups in total. The lowest BCUT2D eigenvalue weighted by molar-refractivity contribution is 0.274. The summed E-state index contributed by atoms with van der Waals surface area (Å²) in [5.74, 6) is 0. The summed E-state index contributed by atoms with van der Waals surface area (Å²) in [6, 6.07) is 0. The van der Waals surface area contributed by atoms with E-state index in [1.54, 1.807) is 0 Å². The molecule has 0 aromatic heterocycles. The molecule has 1 unspecified atom stereocenters. The average molecular weight is 143 g/mol. The highest BCUT2D eigenvalue weighted by Crippen LogP contribution is 2.25. The molecule has 0 heterocycles. The van der Waals surface area contributed by atoms with E-state index in [1.807, 2.05) is 7.05 Å². The van der Waals surface area contributed by atoms with E-state index in [1.165, 1.54) is 19.3 Å². The topological polar surface area (TPSA) is 12.0 Å². The van der Waals surface area contributed by atoms with Crippen LogP contribution < -0.4 is 5.32 Å². The zero-order valence-electron chi connectivity index (χ0n) is 7.83. The lowest BCUT2D eigenvalue weighted by Gasteiger charge is -2.27. The van der Waals surface area contributed by atoms with E-state index < -0.39 is 0 Å². The van der Waals surface area contributed by atoms with Crippen LogP contribution in [0.15, 0.2) is 0 Å². The van der Waals surface area contributed by atoms with Gasteiger partial charge in [0.15, 0.2) is 0 Å². The van der Waals surface area contributed by atoms with Crippen LogP contribution >= 0.6 is 0 Å². The fraction of sp³-hybridized carbons (Fsp3) is 1.00. The highest BCUT2D eigenvalue weighted by molar-refractivity contribution is 4.73. The van der Waals surface area contributed by atoms with Crippen LogP contribution in [-0.4, -0.2) is 13.6 Å². The minimum atomic E-state index is 0.531. The first kappa shape index (κ1) is 9.96. The van der Waals surface area contributed by atoms with Crippen LogP contribution in [0.25, 0.3) is 0 Å². The smallest absolute Gasteiger partial charge is 0.000205 e. The fourth-order valence-electron chi connectivity index (χ4n) is 1.42. The Labute approximate surface area is 65.2 Å². The lowest BCUT2D eigenvalue weighted by Crippen LogP contribution is -2.28. The van der Waals surface area contributed by atoms with Crippen molar-refractivity contribution in [3.05, 3.63) is 0 Å². The summed E-state index contributed by atoms with van der Waals surface area (Å²) in [4.78, 5) is 0. The summed E-state index contributed by atoms with van der Waals surface area (Å²) in [6.07, 6.45) is 3.91. The van der Waals surface area contributed by atoms with Crippen molar-refractivity contribution in [3.63, 3.8) is 0 Å². The molecule has 0 fully saturated rings. The zero-order valence-corrected chi connectivity index (χ0v) is 7.83. The molecule has 62 valence electrons. The summed E-state index contributed by atoms with van der Waals surface area (Å²) >= 11 is 0. The van der Waals surface area contributed by atoms with Gasteiger partial charge in [0.2, 0.25) is 0 Å². The van der Waals surface area contributed by atoms with Crippen molar-refractivity contribution in [2.75, 3.05) is 13.6 Å². The van der Waals surface area contributed by atoms with Crippen molar-refractivity contribution in [3.8, 4) is 0 Å². The van der Waals surface area contributed by atoms with Gasteiger partial charge < -0.3 is 5.32 Å². The third-order valence-electron chi connectivity index (χ3n) is 2.31. The first-order valence-corrected chi connectivity index (χ1v) is 4.33. The molecule has 0 saturated heterocycles. The summed E-state index contributed by atoms with van der Waals surface area (Å²) < 4.78 is 0. The van der Waals surface area contributed by atoms with Gasteiger partial charge in [-0.2, -0.15) is 0 Å². The molecule has 0 amide bonds. The number of nitrogens with one attached hydrogen (secondary N) is 1. The van der Waals surface area contributed by atoms with Crippen molar-refractivity contribution in [1.82, 2.24) is 5.32 Å². The minimum Gasteiger partial charge on any atom is -0.319 e. The summed E-state index contributed by atoms with van der Waals surface area (Å²) in [7, 11) is 2.03. The number of rotatable bonds is 5. The Morgan fingerprint density at radius 2 is 1.90 bits per heavy atom. The fourth-order valence-corrected chi connectivity index (χ4v) is 1.42. The largest absolute Gasteiger partial charge is 0.319 e. The SMILES string of the molecule is CCCC(C)(CC)CNC. The van der Waals surface area contributed by atoms with Crippen LogP contribution in [0, 0.1) is 5.41 Å². The number of hydrogen-bond donors (Lipinski definition) is 1. The van der Waals surface area contributed by atoms with Crippen molar-refractivity contribution >= 4 is 0 Å². The minimum absolute atomic E-state index is 0.531. The van der Waals surface area contributed by atoms with Crippen LogP contribution in [-0.2, 0) is 0 Å². The Morgan fingerprint density at radius 3 is 2.20 bits per heavy atom. The highest BCUT2D eigenvalue weighted by Gasteiger charge is 2.18. The molecule has 0 rings (SSSR count). The van der Waals surface area contributed by atoms with Crippen LogP contribution in [0.1, 0.15) is 40.0 Å². The predicted octanol–water partition coefficient (Wildman–Crippen LogP) is 2.42. The zero-order chi connectivity index (χ0) is 8.04. The average Bonchev–Trinajstić information content (AvgIpc) is 1.89. The molecule has 1 atom stereocenters. The summed E-state index contributed by atoms with van der Waals surface area (Å²) in [6.45, 7) is 8.03. The van der Waals surface area contributed by atoms with Crippen molar-refractivity contribution in [2.45, 2.75) is 40.0 Å². The quantitative estimate of drug-likeness (QED) is 0.623. The summed E-state index contributed by atoms with van der Waals surface area (Å²) in [5, 5.41) is 3.24. The van der Waals surface area contributed by atoms with Crippen LogP contribution in [0.4, 0.5) is 0 Å². The van der Waals surface area contributed by atoms with Gasteiger partial charge in [-0.3, -0.25) is 0 Å². The second-order valence-corrected chi connectivity index (χ2v) is 3.44. The maximum absolute atomic E-state index is 3.24. The molecule has 0 spiro atoms. The van der Waals surface area contributed by atoms with E-state index in [4.69, 9.17) is 0 Å². The Bertz CT molecular complexity index is 72.8. The Kier molecular flexibility index (Phi) is 4.71. The molecule has 0 aliphatic heterocycles. The highest BCUT2D eigenvalue weighted by atomic mass is 14.8. The second-order valence-electron chi connectivity index (χ2n) is 3.44. The summed E-state index contributed by atoms with van der Waals surface area (Å²) in [5.41, 5.74) is 0.531. The van der Waals surface area contributed by atoms with Gasteiger partial charge in [-0.15, -0.1) is 0 Å². The molecular weight excluding hydrogens is 122 g/mol. The maximum Gasteiger partial charge on any atom is 0.000205 e. The molecule has 0 bridgehead atoms. The predicted molar refractivity (Wildman–Crippen MR) is 47.2 cm³/mol. The third-order valence-corrected chi connectivity index (χ3v) is 2.31. The van der Waals surface area contributed by atoms with E-state index in [2.05, 4.69) is 26.1 Å². The lowest BCUT2D eigenvalue weighted by atomic mass is 9.83. The number of hydrogen-bond acceptors (Lipinski definition) is 1. The van der Waals surface area contributed by atoms with Gasteiger partial charge in [0.05, 0.1) is 0 Å². The molecular formula is C9H21N. The first-order chi connectivity index (χ1) is 4.68.